The molecule has 35 heavy (non-hydrogen) atoms. The Labute approximate surface area is 221 Å². The summed E-state index contributed by atoms with van der Waals surface area (Å²) in [7, 11) is 0. The molecule has 0 saturated carbocycles. The molecule has 4 aromatic rings. The molecule has 1 amide bonds. The molecule has 2 heterocycles. The average Bonchev–Trinajstić information content (AvgIpc) is 3.19. The zero-order valence-electron chi connectivity index (χ0n) is 19.3. The first-order valence-electron chi connectivity index (χ1n) is 11.3. The number of nitrogens with zero attached hydrogens (tertiary/aromatic N) is 2. The third kappa shape index (κ3) is 4.87. The molecule has 0 saturated heterocycles. The fourth-order valence-corrected chi connectivity index (χ4v) is 7.09. The molecule has 5 rings (SSSR count). The fourth-order valence-electron chi connectivity index (χ4n) is 4.48. The van der Waals surface area contributed by atoms with Gasteiger partial charge in [0.05, 0.1) is 27.5 Å². The van der Waals surface area contributed by atoms with Crippen LogP contribution in [-0.2, 0) is 17.6 Å². The topological polar surface area (TPSA) is 64.0 Å². The summed E-state index contributed by atoms with van der Waals surface area (Å²) in [5, 5.41) is 5.18. The average molecular weight is 545 g/mol. The lowest BCUT2D eigenvalue weighted by molar-refractivity contribution is -0.113. The molecule has 0 spiro atoms. The van der Waals surface area contributed by atoms with E-state index in [1.54, 1.807) is 40.2 Å². The number of hydrogen-bond acceptors (Lipinski definition) is 5. The summed E-state index contributed by atoms with van der Waals surface area (Å²) in [6, 6.07) is 10.9. The zero-order valence-corrected chi connectivity index (χ0v) is 22.4. The maximum Gasteiger partial charge on any atom is 0.267 e. The number of aromatic nitrogens is 2. The first-order valence-corrected chi connectivity index (χ1v) is 13.9. The summed E-state index contributed by atoms with van der Waals surface area (Å²) in [6.07, 6.45) is 4.10. The lowest BCUT2D eigenvalue weighted by Crippen LogP contribution is -2.23. The number of hydrogen-bond donors (Lipinski definition) is 1. The molecular formula is C26H23Cl2N3O2S2. The van der Waals surface area contributed by atoms with Crippen molar-refractivity contribution in [2.24, 2.45) is 0 Å². The van der Waals surface area contributed by atoms with Crippen LogP contribution in [0.15, 0.2) is 46.3 Å². The standard InChI is InChI=1S/C26H23Cl2N3O2S2/c1-14-11-15(2)23(19(28)12-14)29-21(32)13-34-26-30-24-22(18-5-3-4-6-20(18)35-24)25(33)31(26)17-9-7-16(27)8-10-17/h7-12H,3-6,13H2,1-2H3,(H,29,32). The Balaban J connectivity index is 1.51. The van der Waals surface area contributed by atoms with Crippen molar-refractivity contribution in [3.63, 3.8) is 0 Å². The highest BCUT2D eigenvalue weighted by Crippen LogP contribution is 2.35. The largest absolute Gasteiger partial charge is 0.324 e. The Kier molecular flexibility index (Phi) is 6.95. The van der Waals surface area contributed by atoms with Crippen LogP contribution in [0, 0.1) is 13.8 Å². The number of fused-ring (bicyclic) bond motifs is 3. The minimum atomic E-state index is -0.216. The van der Waals surface area contributed by atoms with Crippen LogP contribution in [0.25, 0.3) is 15.9 Å². The third-order valence-corrected chi connectivity index (χ3v) is 8.75. The van der Waals surface area contributed by atoms with E-state index in [2.05, 4.69) is 5.32 Å². The lowest BCUT2D eigenvalue weighted by Gasteiger charge is -2.14. The van der Waals surface area contributed by atoms with E-state index in [0.717, 1.165) is 47.2 Å². The number of rotatable bonds is 5. The quantitative estimate of drug-likeness (QED) is 0.218. The number of amides is 1. The SMILES string of the molecule is Cc1cc(C)c(NC(=O)CSc2nc3sc4c(c3c(=O)n2-c2ccc(Cl)cc2)CCCC4)c(Cl)c1. The van der Waals surface area contributed by atoms with Gasteiger partial charge in [-0.3, -0.25) is 14.2 Å². The van der Waals surface area contributed by atoms with E-state index < -0.39 is 0 Å². The molecule has 0 aliphatic heterocycles. The van der Waals surface area contributed by atoms with Gasteiger partial charge < -0.3 is 5.32 Å². The Morgan fingerprint density at radius 1 is 1.14 bits per heavy atom. The predicted octanol–water partition coefficient (Wildman–Crippen LogP) is 6.98. The highest BCUT2D eigenvalue weighted by atomic mass is 35.5. The van der Waals surface area contributed by atoms with Crippen LogP contribution >= 0.6 is 46.3 Å². The first kappa shape index (κ1) is 24.4. The maximum atomic E-state index is 13.8. The van der Waals surface area contributed by atoms with Crippen molar-refractivity contribution in [2.45, 2.75) is 44.7 Å². The molecule has 1 aliphatic carbocycles. The van der Waals surface area contributed by atoms with Crippen molar-refractivity contribution >= 4 is 68.1 Å². The van der Waals surface area contributed by atoms with Crippen molar-refractivity contribution < 1.29 is 4.79 Å². The van der Waals surface area contributed by atoms with Gasteiger partial charge in [0.2, 0.25) is 5.91 Å². The van der Waals surface area contributed by atoms with Crippen LogP contribution in [0.4, 0.5) is 5.69 Å². The fraction of sp³-hybridized carbons (Fsp3) is 0.269. The van der Waals surface area contributed by atoms with Gasteiger partial charge in [-0.2, -0.15) is 0 Å². The molecule has 5 nitrogen and oxygen atoms in total. The number of anilines is 1. The summed E-state index contributed by atoms with van der Waals surface area (Å²) in [5.41, 5.74) is 4.24. The van der Waals surface area contributed by atoms with Gasteiger partial charge in [-0.05, 0) is 86.6 Å². The third-order valence-electron chi connectivity index (χ3n) is 6.07. The van der Waals surface area contributed by atoms with Gasteiger partial charge in [-0.25, -0.2) is 4.98 Å². The van der Waals surface area contributed by atoms with Crippen LogP contribution < -0.4 is 10.9 Å². The van der Waals surface area contributed by atoms with E-state index in [-0.39, 0.29) is 17.2 Å². The summed E-state index contributed by atoms with van der Waals surface area (Å²) in [6.45, 7) is 3.87. The number of aryl methyl sites for hydroxylation is 4. The summed E-state index contributed by atoms with van der Waals surface area (Å²) >= 11 is 15.3. The summed E-state index contributed by atoms with van der Waals surface area (Å²) in [4.78, 5) is 33.5. The molecule has 180 valence electrons. The van der Waals surface area contributed by atoms with Gasteiger partial charge >= 0.3 is 0 Å². The second kappa shape index (κ2) is 9.97. The molecule has 0 fully saturated rings. The molecule has 0 unspecified atom stereocenters. The van der Waals surface area contributed by atoms with Gasteiger partial charge in [-0.15, -0.1) is 11.3 Å². The van der Waals surface area contributed by atoms with Crippen molar-refractivity contribution in [3.8, 4) is 5.69 Å². The molecule has 0 bridgehead atoms. The second-order valence-corrected chi connectivity index (χ2v) is 11.5. The number of benzene rings is 2. The lowest BCUT2D eigenvalue weighted by atomic mass is 9.97. The Hall–Kier alpha value is -2.32. The van der Waals surface area contributed by atoms with E-state index in [9.17, 15) is 9.59 Å². The van der Waals surface area contributed by atoms with Crippen molar-refractivity contribution in [3.05, 3.63) is 78.4 Å². The van der Waals surface area contributed by atoms with E-state index in [4.69, 9.17) is 28.2 Å². The van der Waals surface area contributed by atoms with E-state index in [0.29, 0.717) is 32.0 Å². The molecular weight excluding hydrogens is 521 g/mol. The normalized spacial score (nSPS) is 13.1. The van der Waals surface area contributed by atoms with Crippen LogP contribution in [-0.4, -0.2) is 21.2 Å². The number of carbonyl (C=O) groups excluding carboxylic acids is 1. The predicted molar refractivity (Wildman–Crippen MR) is 147 cm³/mol. The molecule has 0 atom stereocenters. The van der Waals surface area contributed by atoms with Gasteiger partial charge in [0.1, 0.15) is 4.83 Å². The van der Waals surface area contributed by atoms with Crippen molar-refractivity contribution in [2.75, 3.05) is 11.1 Å². The number of thioether (sulfide) groups is 1. The van der Waals surface area contributed by atoms with Gasteiger partial charge in [-0.1, -0.05) is 41.0 Å². The van der Waals surface area contributed by atoms with Crippen LogP contribution in [0.3, 0.4) is 0 Å². The first-order chi connectivity index (χ1) is 16.8. The van der Waals surface area contributed by atoms with E-state index in [1.807, 2.05) is 26.0 Å². The Morgan fingerprint density at radius 2 is 1.89 bits per heavy atom. The summed E-state index contributed by atoms with van der Waals surface area (Å²) < 4.78 is 1.60. The molecule has 1 aliphatic rings. The number of carbonyl (C=O) groups is 1. The van der Waals surface area contributed by atoms with Crippen molar-refractivity contribution in [1.29, 1.82) is 0 Å². The molecule has 2 aromatic heterocycles. The minimum Gasteiger partial charge on any atom is -0.324 e. The van der Waals surface area contributed by atoms with Gasteiger partial charge in [0, 0.05) is 9.90 Å². The monoisotopic (exact) mass is 543 g/mol. The molecule has 0 radical (unpaired) electrons. The maximum absolute atomic E-state index is 13.8. The highest BCUT2D eigenvalue weighted by Gasteiger charge is 2.23. The van der Waals surface area contributed by atoms with Gasteiger partial charge in [0.15, 0.2) is 5.16 Å². The van der Waals surface area contributed by atoms with Crippen LogP contribution in [0.2, 0.25) is 10.0 Å². The molecule has 9 heteroatoms. The van der Waals surface area contributed by atoms with Crippen molar-refractivity contribution in [1.82, 2.24) is 9.55 Å². The second-order valence-electron chi connectivity index (χ2n) is 8.68. The Bertz CT molecular complexity index is 1490. The summed E-state index contributed by atoms with van der Waals surface area (Å²) in [5.74, 6) is -0.133. The zero-order chi connectivity index (χ0) is 24.7. The Morgan fingerprint density at radius 3 is 2.63 bits per heavy atom. The molecule has 1 N–H and O–H groups in total. The van der Waals surface area contributed by atoms with E-state index >= 15 is 0 Å². The minimum absolute atomic E-state index is 0.0836. The van der Waals surface area contributed by atoms with Crippen LogP contribution in [0.5, 0.6) is 0 Å². The number of halogens is 2. The smallest absolute Gasteiger partial charge is 0.267 e. The van der Waals surface area contributed by atoms with Gasteiger partial charge in [0.25, 0.3) is 5.56 Å². The number of thiophene rings is 1. The highest BCUT2D eigenvalue weighted by molar-refractivity contribution is 7.99. The van der Waals surface area contributed by atoms with Crippen LogP contribution in [0.1, 0.15) is 34.4 Å². The number of nitrogens with one attached hydrogen (secondary N) is 1. The molecule has 2 aromatic carbocycles. The van der Waals surface area contributed by atoms with E-state index in [1.165, 1.54) is 16.6 Å².